The van der Waals surface area contributed by atoms with Crippen LogP contribution in [-0.2, 0) is 22.3 Å². The van der Waals surface area contributed by atoms with Crippen LogP contribution in [0.1, 0.15) is 193 Å². The van der Waals surface area contributed by atoms with Crippen molar-refractivity contribution in [3.63, 3.8) is 0 Å². The molecule has 3 aromatic rings. The molecular weight excluding hydrogens is 610 g/mol. The molecule has 9 aliphatic carbocycles. The molecule has 7 heteroatoms. The van der Waals surface area contributed by atoms with Gasteiger partial charge in [0.05, 0.1) is 0 Å². The first-order valence-corrected chi connectivity index (χ1v) is 18.6. The monoisotopic (exact) mass is 659 g/mol. The number of carbonyl (C=O) groups excluding carboxylic acids is 2. The lowest BCUT2D eigenvalue weighted by atomic mass is 9.70. The van der Waals surface area contributed by atoms with Crippen LogP contribution in [0.2, 0.25) is 0 Å². The Hall–Kier alpha value is -4.00. The average Bonchev–Trinajstić information content (AvgIpc) is 3.77. The van der Waals surface area contributed by atoms with Gasteiger partial charge in [-0.05, 0) is 113 Å². The van der Waals surface area contributed by atoms with Crippen molar-refractivity contribution in [3.8, 4) is 0 Å². The van der Waals surface area contributed by atoms with E-state index in [1.54, 1.807) is 0 Å². The van der Waals surface area contributed by atoms with Gasteiger partial charge in [0.2, 0.25) is 0 Å². The number of rotatable bonds is 6. The summed E-state index contributed by atoms with van der Waals surface area (Å²) >= 11 is 0. The first kappa shape index (κ1) is 31.0. The van der Waals surface area contributed by atoms with E-state index in [0.717, 1.165) is 73.9 Å². The molecular formula is C42H49N3O4. The van der Waals surface area contributed by atoms with Crippen LogP contribution < -0.4 is 0 Å². The van der Waals surface area contributed by atoms with E-state index in [4.69, 9.17) is 9.47 Å². The Bertz CT molecular complexity index is 1840. The highest BCUT2D eigenvalue weighted by Gasteiger charge is 2.42. The second-order valence-corrected chi connectivity index (χ2v) is 17.4. The fourth-order valence-corrected chi connectivity index (χ4v) is 10.1. The van der Waals surface area contributed by atoms with Crippen molar-refractivity contribution in [1.29, 1.82) is 0 Å². The number of allylic oxidation sites excluding steroid dienone is 6. The predicted molar refractivity (Wildman–Crippen MR) is 190 cm³/mol. The molecule has 3 heterocycles. The molecule has 0 amide bonds. The van der Waals surface area contributed by atoms with Crippen molar-refractivity contribution in [2.75, 3.05) is 0 Å². The molecule has 0 aliphatic heterocycles. The number of H-pyrrole nitrogens is 3. The summed E-state index contributed by atoms with van der Waals surface area (Å²) in [5.74, 6) is 1.42. The van der Waals surface area contributed by atoms with Crippen LogP contribution in [-0.4, -0.2) is 38.1 Å². The molecule has 0 saturated carbocycles. The normalized spacial score (nSPS) is 27.0. The molecule has 3 N–H and O–H groups in total. The van der Waals surface area contributed by atoms with Gasteiger partial charge in [0.15, 0.2) is 0 Å². The van der Waals surface area contributed by atoms with Crippen LogP contribution in [0.25, 0.3) is 0 Å². The minimum Gasteiger partial charge on any atom is -0.455 e. The van der Waals surface area contributed by atoms with Gasteiger partial charge < -0.3 is 24.4 Å². The van der Waals surface area contributed by atoms with E-state index < -0.39 is 11.2 Å². The van der Waals surface area contributed by atoms with E-state index in [-0.39, 0.29) is 23.8 Å². The Morgan fingerprint density at radius 2 is 0.755 bits per heavy atom. The Balaban J connectivity index is 1.12. The molecule has 6 atom stereocenters. The van der Waals surface area contributed by atoms with Gasteiger partial charge in [-0.3, -0.25) is 0 Å². The smallest absolute Gasteiger partial charge is 0.355 e. The second-order valence-electron chi connectivity index (χ2n) is 17.4. The first-order chi connectivity index (χ1) is 23.3. The van der Waals surface area contributed by atoms with Crippen molar-refractivity contribution in [1.82, 2.24) is 15.0 Å². The zero-order valence-corrected chi connectivity index (χ0v) is 29.7. The fourth-order valence-electron chi connectivity index (χ4n) is 10.1. The van der Waals surface area contributed by atoms with Gasteiger partial charge in [-0.25, -0.2) is 9.59 Å². The predicted octanol–water partition coefficient (Wildman–Crippen LogP) is 9.36. The van der Waals surface area contributed by atoms with Crippen LogP contribution >= 0.6 is 0 Å². The van der Waals surface area contributed by atoms with Crippen LogP contribution in [0.3, 0.4) is 0 Å². The second kappa shape index (κ2) is 10.7. The molecule has 7 nitrogen and oxygen atoms in total. The fraction of sp³-hybridized carbons (Fsp3) is 0.524. The lowest BCUT2D eigenvalue weighted by Gasteiger charge is -2.34. The van der Waals surface area contributed by atoms with E-state index in [1.807, 2.05) is 41.5 Å². The summed E-state index contributed by atoms with van der Waals surface area (Å²) in [4.78, 5) is 38.5. The van der Waals surface area contributed by atoms with Crippen molar-refractivity contribution < 1.29 is 19.1 Å². The lowest BCUT2D eigenvalue weighted by Crippen LogP contribution is -2.26. The maximum Gasteiger partial charge on any atom is 0.355 e. The van der Waals surface area contributed by atoms with E-state index in [9.17, 15) is 9.59 Å². The van der Waals surface area contributed by atoms with E-state index in [2.05, 4.69) is 51.4 Å². The number of carbonyl (C=O) groups is 2. The topological polar surface area (TPSA) is 100.0 Å². The molecule has 12 rings (SSSR count). The van der Waals surface area contributed by atoms with Crippen molar-refractivity contribution in [3.05, 3.63) is 104 Å². The third-order valence-corrected chi connectivity index (χ3v) is 11.8. The van der Waals surface area contributed by atoms with Gasteiger partial charge in [-0.2, -0.15) is 0 Å². The van der Waals surface area contributed by atoms with Crippen LogP contribution in [0.4, 0.5) is 0 Å². The summed E-state index contributed by atoms with van der Waals surface area (Å²) in [6.45, 7) is 11.6. The summed E-state index contributed by atoms with van der Waals surface area (Å²) in [6, 6.07) is 0. The molecule has 0 spiro atoms. The number of nitrogens with one attached hydrogen (secondary N) is 3. The number of aromatic nitrogens is 3. The summed E-state index contributed by atoms with van der Waals surface area (Å²) < 4.78 is 11.8. The Labute approximate surface area is 289 Å². The van der Waals surface area contributed by atoms with Gasteiger partial charge in [-0.15, -0.1) is 0 Å². The van der Waals surface area contributed by atoms with Gasteiger partial charge in [0, 0.05) is 71.1 Å². The van der Waals surface area contributed by atoms with Crippen LogP contribution in [0, 0.1) is 0 Å². The number of hydrogen-bond acceptors (Lipinski definition) is 4. The van der Waals surface area contributed by atoms with Crippen LogP contribution in [0.15, 0.2) is 36.5 Å². The molecule has 0 unspecified atom stereocenters. The van der Waals surface area contributed by atoms with Gasteiger partial charge in [0.25, 0.3) is 0 Å². The summed E-state index contributed by atoms with van der Waals surface area (Å²) in [5.41, 5.74) is 12.8. The molecule has 0 radical (unpaired) electrons. The first-order valence-electron chi connectivity index (χ1n) is 18.6. The number of hydrogen-bond donors (Lipinski definition) is 3. The molecule has 0 aromatic carbocycles. The van der Waals surface area contributed by atoms with Gasteiger partial charge >= 0.3 is 11.9 Å². The van der Waals surface area contributed by atoms with Gasteiger partial charge in [-0.1, -0.05) is 36.5 Å². The summed E-state index contributed by atoms with van der Waals surface area (Å²) in [7, 11) is 0. The van der Waals surface area contributed by atoms with E-state index in [1.165, 1.54) is 33.6 Å². The van der Waals surface area contributed by atoms with Gasteiger partial charge in [0.1, 0.15) is 22.6 Å². The third-order valence-electron chi connectivity index (χ3n) is 11.8. The minimum atomic E-state index is -0.562. The Kier molecular flexibility index (Phi) is 6.80. The number of aromatic amines is 3. The molecule has 0 fully saturated rings. The molecule has 0 saturated heterocycles. The lowest BCUT2D eigenvalue weighted by molar-refractivity contribution is 0.00493. The Morgan fingerprint density at radius 1 is 0.490 bits per heavy atom. The molecule has 49 heavy (non-hydrogen) atoms. The third kappa shape index (κ3) is 5.05. The highest BCUT2D eigenvalue weighted by molar-refractivity contribution is 5.92. The molecule has 6 bridgehead atoms. The van der Waals surface area contributed by atoms with Crippen molar-refractivity contribution >= 4 is 11.9 Å². The highest BCUT2D eigenvalue weighted by atomic mass is 16.6. The molecule has 256 valence electrons. The summed E-state index contributed by atoms with van der Waals surface area (Å²) in [6.07, 6.45) is 22.3. The van der Waals surface area contributed by atoms with Crippen molar-refractivity contribution in [2.45, 2.75) is 140 Å². The quantitative estimate of drug-likeness (QED) is 0.181. The highest BCUT2D eigenvalue weighted by Crippen LogP contribution is 2.53. The minimum absolute atomic E-state index is 0.252. The standard InChI is InChI=1S/C42H49N3O4/c1-41(2,3)48-39(46)37-35-25-15-11-23(12-16-25)33(35)29(44-37)19-27-31-21-7-9-22(10-8-21)32(31)28(43-27)20-30-34-24-13-17-26(18-14-24)36(34)38(45-30)40(47)49-42(4,5)6/h7,9,11,13,15,17,21-26,43-45H,8,10,12,14,16,18-20H2,1-6H3/t21-,22+,23+,24-,25-,26+. The maximum absolute atomic E-state index is 13.6. The maximum atomic E-state index is 13.6. The molecule has 9 aliphatic rings. The number of esters is 2. The SMILES string of the molecule is CC(C)(C)OC(=O)c1[nH]c(Cc2[nH]c(Cc3[nH]c(C(=O)OC(C)(C)C)c4c3[C@@H]3C=C[C@H]4CC3)c3c2[C@@H]2C=C[C@H]3CC2)c2c1[C@@H]1C=C[C@H]2CC1. The molecule has 3 aromatic heterocycles. The summed E-state index contributed by atoms with van der Waals surface area (Å²) in [5, 5.41) is 0. The van der Waals surface area contributed by atoms with Crippen LogP contribution in [0.5, 0.6) is 0 Å². The Morgan fingerprint density at radius 3 is 1.04 bits per heavy atom. The van der Waals surface area contributed by atoms with Crippen molar-refractivity contribution in [2.24, 2.45) is 0 Å². The zero-order chi connectivity index (χ0) is 34.0. The van der Waals surface area contributed by atoms with E-state index in [0.29, 0.717) is 35.1 Å². The average molecular weight is 660 g/mol. The largest absolute Gasteiger partial charge is 0.455 e. The number of fused-ring (bicyclic) bond motifs is 3. The van der Waals surface area contributed by atoms with E-state index >= 15 is 0 Å². The number of ether oxygens (including phenoxy) is 2. The zero-order valence-electron chi connectivity index (χ0n) is 29.7.